The molecule has 0 aliphatic rings. The molecule has 1 N–H and O–H groups in total. The van der Waals surface area contributed by atoms with E-state index in [1.165, 1.54) is 6.08 Å². The first-order valence-corrected chi connectivity index (χ1v) is 10.0. The van der Waals surface area contributed by atoms with Gasteiger partial charge in [0.15, 0.2) is 11.5 Å². The van der Waals surface area contributed by atoms with Gasteiger partial charge < -0.3 is 19.5 Å². The monoisotopic (exact) mass is 411 g/mol. The van der Waals surface area contributed by atoms with Gasteiger partial charge in [-0.2, -0.15) is 0 Å². The predicted octanol–water partition coefficient (Wildman–Crippen LogP) is 5.09. The minimum Gasteiger partial charge on any atom is -0.493 e. The van der Waals surface area contributed by atoms with Crippen LogP contribution in [-0.2, 0) is 9.53 Å². The molecule has 160 valence electrons. The summed E-state index contributed by atoms with van der Waals surface area (Å²) in [6, 6.07) is 12.1. The van der Waals surface area contributed by atoms with E-state index in [0.717, 1.165) is 18.4 Å². The van der Waals surface area contributed by atoms with Crippen LogP contribution in [0.15, 0.2) is 48.5 Å². The van der Waals surface area contributed by atoms with Gasteiger partial charge in [0.2, 0.25) is 5.91 Å². The molecule has 0 spiro atoms. The topological polar surface area (TPSA) is 73.9 Å². The summed E-state index contributed by atoms with van der Waals surface area (Å²) < 4.78 is 16.2. The SMILES string of the molecule is CCCCOC(=O)c1ccc(NC(=O)/C=C/c2ccc(OC(C)C)c(OC)c2)cc1. The number of hydrogen-bond donors (Lipinski definition) is 1. The molecule has 0 atom stereocenters. The van der Waals surface area contributed by atoms with E-state index in [0.29, 0.717) is 29.4 Å². The molecule has 0 aliphatic heterocycles. The third-order valence-electron chi connectivity index (χ3n) is 4.10. The first-order chi connectivity index (χ1) is 14.4. The average molecular weight is 411 g/mol. The molecule has 0 saturated heterocycles. The minimum atomic E-state index is -0.361. The van der Waals surface area contributed by atoms with E-state index in [1.807, 2.05) is 32.9 Å². The number of benzene rings is 2. The first-order valence-electron chi connectivity index (χ1n) is 10.0. The Balaban J connectivity index is 1.95. The highest BCUT2D eigenvalue weighted by Crippen LogP contribution is 2.29. The van der Waals surface area contributed by atoms with Gasteiger partial charge in [0.25, 0.3) is 0 Å². The lowest BCUT2D eigenvalue weighted by Gasteiger charge is -2.13. The number of esters is 1. The molecular weight excluding hydrogens is 382 g/mol. The Hall–Kier alpha value is -3.28. The van der Waals surface area contributed by atoms with Gasteiger partial charge in [0.05, 0.1) is 25.4 Å². The number of rotatable bonds is 10. The molecule has 0 heterocycles. The van der Waals surface area contributed by atoms with E-state index >= 15 is 0 Å². The van der Waals surface area contributed by atoms with Crippen molar-refractivity contribution in [3.05, 3.63) is 59.7 Å². The van der Waals surface area contributed by atoms with Gasteiger partial charge in [-0.1, -0.05) is 19.4 Å². The van der Waals surface area contributed by atoms with Gasteiger partial charge in [-0.3, -0.25) is 4.79 Å². The van der Waals surface area contributed by atoms with Crippen molar-refractivity contribution in [2.45, 2.75) is 39.7 Å². The van der Waals surface area contributed by atoms with Crippen LogP contribution < -0.4 is 14.8 Å². The van der Waals surface area contributed by atoms with Crippen molar-refractivity contribution in [2.24, 2.45) is 0 Å². The van der Waals surface area contributed by atoms with Crippen LogP contribution in [0.25, 0.3) is 6.08 Å². The van der Waals surface area contributed by atoms with E-state index in [-0.39, 0.29) is 18.0 Å². The third kappa shape index (κ3) is 7.28. The molecule has 0 radical (unpaired) electrons. The minimum absolute atomic E-state index is 0.0376. The summed E-state index contributed by atoms with van der Waals surface area (Å²) in [5.41, 5.74) is 1.85. The van der Waals surface area contributed by atoms with Crippen LogP contribution >= 0.6 is 0 Å². The largest absolute Gasteiger partial charge is 0.493 e. The van der Waals surface area contributed by atoms with Crippen molar-refractivity contribution in [2.75, 3.05) is 19.0 Å². The van der Waals surface area contributed by atoms with Crippen LogP contribution in [0, 0.1) is 0 Å². The molecule has 2 aromatic rings. The lowest BCUT2D eigenvalue weighted by Crippen LogP contribution is -2.09. The molecule has 2 aromatic carbocycles. The number of hydrogen-bond acceptors (Lipinski definition) is 5. The van der Waals surface area contributed by atoms with E-state index in [2.05, 4.69) is 5.32 Å². The summed E-state index contributed by atoms with van der Waals surface area (Å²) in [4.78, 5) is 24.1. The Morgan fingerprint density at radius 2 is 1.80 bits per heavy atom. The lowest BCUT2D eigenvalue weighted by molar-refractivity contribution is -0.111. The fraction of sp³-hybridized carbons (Fsp3) is 0.333. The number of ether oxygens (including phenoxy) is 3. The summed E-state index contributed by atoms with van der Waals surface area (Å²) in [5, 5.41) is 2.76. The summed E-state index contributed by atoms with van der Waals surface area (Å²) in [6.07, 6.45) is 4.97. The second-order valence-electron chi connectivity index (χ2n) is 6.97. The fourth-order valence-corrected chi connectivity index (χ4v) is 2.58. The average Bonchev–Trinajstić information content (AvgIpc) is 2.73. The zero-order chi connectivity index (χ0) is 21.9. The summed E-state index contributed by atoms with van der Waals surface area (Å²) in [7, 11) is 1.58. The molecule has 0 saturated carbocycles. The maximum atomic E-state index is 12.2. The highest BCUT2D eigenvalue weighted by Gasteiger charge is 2.08. The maximum absolute atomic E-state index is 12.2. The number of carbonyl (C=O) groups excluding carboxylic acids is 2. The second kappa shape index (κ2) is 11.7. The Morgan fingerprint density at radius 3 is 2.43 bits per heavy atom. The molecule has 0 aliphatic carbocycles. The highest BCUT2D eigenvalue weighted by molar-refractivity contribution is 6.02. The van der Waals surface area contributed by atoms with Crippen molar-refractivity contribution in [3.8, 4) is 11.5 Å². The molecule has 6 heteroatoms. The lowest BCUT2D eigenvalue weighted by atomic mass is 10.1. The fourth-order valence-electron chi connectivity index (χ4n) is 2.58. The van der Waals surface area contributed by atoms with E-state index in [1.54, 1.807) is 43.5 Å². The molecule has 1 amide bonds. The van der Waals surface area contributed by atoms with Gasteiger partial charge in [-0.15, -0.1) is 0 Å². The normalized spacial score (nSPS) is 10.8. The number of anilines is 1. The maximum Gasteiger partial charge on any atom is 0.338 e. The number of methoxy groups -OCH3 is 1. The number of nitrogens with one attached hydrogen (secondary N) is 1. The number of amides is 1. The van der Waals surface area contributed by atoms with Crippen molar-refractivity contribution in [3.63, 3.8) is 0 Å². The molecule has 2 rings (SSSR count). The Bertz CT molecular complexity index is 872. The zero-order valence-corrected chi connectivity index (χ0v) is 17.9. The van der Waals surface area contributed by atoms with Crippen LogP contribution in [0.2, 0.25) is 0 Å². The van der Waals surface area contributed by atoms with Gasteiger partial charge in [-0.25, -0.2) is 4.79 Å². The standard InChI is InChI=1S/C24H29NO5/c1-5-6-15-29-24(27)19-9-11-20(12-10-19)25-23(26)14-8-18-7-13-21(30-17(2)3)22(16-18)28-4/h7-14,16-17H,5-6,15H2,1-4H3,(H,25,26)/b14-8+. The Kier molecular flexibility index (Phi) is 8.94. The summed E-state index contributed by atoms with van der Waals surface area (Å²) >= 11 is 0. The van der Waals surface area contributed by atoms with Gasteiger partial charge in [-0.05, 0) is 68.3 Å². The summed E-state index contributed by atoms with van der Waals surface area (Å²) in [5.74, 6) is 0.616. The predicted molar refractivity (Wildman–Crippen MR) is 118 cm³/mol. The van der Waals surface area contributed by atoms with Crippen LogP contribution in [0.4, 0.5) is 5.69 Å². The van der Waals surface area contributed by atoms with Crippen molar-refractivity contribution >= 4 is 23.6 Å². The third-order valence-corrected chi connectivity index (χ3v) is 4.10. The molecule has 0 unspecified atom stereocenters. The van der Waals surface area contributed by atoms with Gasteiger partial charge in [0, 0.05) is 11.8 Å². The molecule has 0 aromatic heterocycles. The van der Waals surface area contributed by atoms with Gasteiger partial charge >= 0.3 is 5.97 Å². The van der Waals surface area contributed by atoms with Crippen LogP contribution in [0.3, 0.4) is 0 Å². The number of unbranched alkanes of at least 4 members (excludes halogenated alkanes) is 1. The van der Waals surface area contributed by atoms with Crippen molar-refractivity contribution < 1.29 is 23.8 Å². The smallest absolute Gasteiger partial charge is 0.338 e. The Morgan fingerprint density at radius 1 is 1.07 bits per heavy atom. The quantitative estimate of drug-likeness (QED) is 0.335. The van der Waals surface area contributed by atoms with Gasteiger partial charge in [0.1, 0.15) is 0 Å². The number of carbonyl (C=O) groups is 2. The molecule has 6 nitrogen and oxygen atoms in total. The second-order valence-corrected chi connectivity index (χ2v) is 6.97. The van der Waals surface area contributed by atoms with E-state index < -0.39 is 0 Å². The molecule has 30 heavy (non-hydrogen) atoms. The molecule has 0 fully saturated rings. The van der Waals surface area contributed by atoms with Crippen molar-refractivity contribution in [1.29, 1.82) is 0 Å². The molecular formula is C24H29NO5. The van der Waals surface area contributed by atoms with Crippen molar-refractivity contribution in [1.82, 2.24) is 0 Å². The zero-order valence-electron chi connectivity index (χ0n) is 17.9. The van der Waals surface area contributed by atoms with E-state index in [4.69, 9.17) is 14.2 Å². The molecule has 0 bridgehead atoms. The first kappa shape index (κ1) is 23.0. The van der Waals surface area contributed by atoms with Crippen LogP contribution in [0.5, 0.6) is 11.5 Å². The van der Waals surface area contributed by atoms with Crippen LogP contribution in [0.1, 0.15) is 49.5 Å². The van der Waals surface area contributed by atoms with Crippen LogP contribution in [-0.4, -0.2) is 31.7 Å². The highest BCUT2D eigenvalue weighted by atomic mass is 16.5. The summed E-state index contributed by atoms with van der Waals surface area (Å²) in [6.45, 7) is 6.33. The van der Waals surface area contributed by atoms with E-state index in [9.17, 15) is 9.59 Å². The Labute approximate surface area is 177 Å².